The highest BCUT2D eigenvalue weighted by Crippen LogP contribution is 2.33. The van der Waals surface area contributed by atoms with Crippen LogP contribution in [-0.2, 0) is 4.79 Å². The number of aromatic amines is 1. The quantitative estimate of drug-likeness (QED) is 0.314. The second-order valence-electron chi connectivity index (χ2n) is 10.1. The lowest BCUT2D eigenvalue weighted by Gasteiger charge is -2.34. The Bertz CT molecular complexity index is 1660. The first-order valence-corrected chi connectivity index (χ1v) is 14.1. The zero-order chi connectivity index (χ0) is 29.8. The molecule has 1 amide bonds. The molecule has 1 saturated heterocycles. The van der Waals surface area contributed by atoms with Gasteiger partial charge in [0.25, 0.3) is 0 Å². The Balaban J connectivity index is 1.47. The molecule has 0 aliphatic carbocycles. The van der Waals surface area contributed by atoms with Gasteiger partial charge in [0.05, 0.1) is 23.0 Å². The summed E-state index contributed by atoms with van der Waals surface area (Å²) in [7, 11) is 3.79. The number of benzene rings is 2. The number of H-pyrrole nitrogens is 1. The predicted octanol–water partition coefficient (Wildman–Crippen LogP) is 4.64. The van der Waals surface area contributed by atoms with E-state index in [0.29, 0.717) is 45.9 Å². The Kier molecular flexibility index (Phi) is 8.84. The van der Waals surface area contributed by atoms with Crippen molar-refractivity contribution in [2.24, 2.45) is 4.99 Å². The van der Waals surface area contributed by atoms with Gasteiger partial charge in [-0.25, -0.2) is 9.38 Å². The van der Waals surface area contributed by atoms with Gasteiger partial charge in [-0.3, -0.25) is 4.79 Å². The maximum Gasteiger partial charge on any atom is 0.247 e. The first kappa shape index (κ1) is 29.2. The molecule has 5 rings (SSSR count). The maximum absolute atomic E-state index is 14.5. The second kappa shape index (κ2) is 12.7. The smallest absolute Gasteiger partial charge is 0.247 e. The van der Waals surface area contributed by atoms with Gasteiger partial charge in [-0.2, -0.15) is 0 Å². The first-order valence-electron chi connectivity index (χ1n) is 13.7. The predicted molar refractivity (Wildman–Crippen MR) is 164 cm³/mol. The van der Waals surface area contributed by atoms with Crippen LogP contribution >= 0.6 is 11.6 Å². The topological polar surface area (TPSA) is 94.2 Å². The van der Waals surface area contributed by atoms with Crippen molar-refractivity contribution >= 4 is 40.3 Å². The van der Waals surface area contributed by atoms with Gasteiger partial charge in [0.2, 0.25) is 5.91 Å². The molecule has 1 fully saturated rings. The summed E-state index contributed by atoms with van der Waals surface area (Å²) in [4.78, 5) is 24.5. The van der Waals surface area contributed by atoms with Crippen LogP contribution in [0.5, 0.6) is 11.5 Å². The van der Waals surface area contributed by atoms with E-state index in [1.54, 1.807) is 19.4 Å². The summed E-state index contributed by atoms with van der Waals surface area (Å²) in [5, 5.41) is 7.04. The first-order chi connectivity index (χ1) is 20.3. The molecule has 0 spiro atoms. The molecule has 9 nitrogen and oxygen atoms in total. The van der Waals surface area contributed by atoms with E-state index in [-0.39, 0.29) is 11.4 Å². The number of nitrogens with zero attached hydrogens (tertiary/aromatic N) is 3. The number of methoxy groups -OCH3 is 1. The van der Waals surface area contributed by atoms with Crippen LogP contribution in [0.4, 0.5) is 21.5 Å². The molecule has 1 aromatic heterocycles. The molecule has 11 heteroatoms. The monoisotopic (exact) mass is 592 g/mol. The van der Waals surface area contributed by atoms with Gasteiger partial charge in [0.15, 0.2) is 0 Å². The van der Waals surface area contributed by atoms with E-state index in [0.717, 1.165) is 49.2 Å². The Labute approximate surface area is 249 Å². The van der Waals surface area contributed by atoms with Crippen LogP contribution in [0.15, 0.2) is 71.6 Å². The van der Waals surface area contributed by atoms with E-state index in [1.807, 2.05) is 19.1 Å². The zero-order valence-corrected chi connectivity index (χ0v) is 24.6. The van der Waals surface area contributed by atoms with Crippen LogP contribution in [0.25, 0.3) is 5.76 Å². The summed E-state index contributed by atoms with van der Waals surface area (Å²) < 4.78 is 26.5. The van der Waals surface area contributed by atoms with E-state index in [4.69, 9.17) is 26.1 Å². The van der Waals surface area contributed by atoms with Crippen molar-refractivity contribution in [2.75, 3.05) is 55.9 Å². The standard InChI is InChI=1S/C31H34ClFN6O3/c1-5-19-13-27(42-23-15-20(33)14-21(16-23)35-28(40)6-2)29-24(32)18-34-31(29)37-30(19)36-25-8-7-22(17-26(25)41-4)39-11-9-38(3)10-12-39/h6-8,14-18,36H,2,5,9-13H2,1,3-4H3,(H,34,37)(H,35,40). The van der Waals surface area contributed by atoms with Gasteiger partial charge in [0.1, 0.15) is 34.4 Å². The summed E-state index contributed by atoms with van der Waals surface area (Å²) in [5.41, 5.74) is 3.58. The molecule has 3 aromatic rings. The molecular formula is C31H34ClFN6O3. The molecule has 0 bridgehead atoms. The van der Waals surface area contributed by atoms with Crippen LogP contribution in [0.3, 0.4) is 0 Å². The fraction of sp³-hybridized carbons (Fsp3) is 0.290. The SMILES string of the molecule is C=CC(=O)Nc1cc(F)cc(OC2=c3c(Cl)c[nH]c3=NC(Nc3ccc(N4CCN(C)CC4)cc3OC)=C(CC)C2)c1. The molecule has 2 aliphatic rings. The van der Waals surface area contributed by atoms with Crippen LogP contribution < -0.4 is 35.7 Å². The lowest BCUT2D eigenvalue weighted by atomic mass is 10.1. The number of carbonyl (C=O) groups excluding carboxylic acids is 1. The second-order valence-corrected chi connectivity index (χ2v) is 10.6. The largest absolute Gasteiger partial charge is 0.494 e. The lowest BCUT2D eigenvalue weighted by Crippen LogP contribution is -2.44. The van der Waals surface area contributed by atoms with Crippen molar-refractivity contribution in [1.29, 1.82) is 0 Å². The lowest BCUT2D eigenvalue weighted by molar-refractivity contribution is -0.111. The molecule has 0 atom stereocenters. The molecule has 3 heterocycles. The van der Waals surface area contributed by atoms with Gasteiger partial charge in [0, 0.05) is 68.4 Å². The Morgan fingerprint density at radius 3 is 2.71 bits per heavy atom. The number of nitrogens with one attached hydrogen (secondary N) is 3. The van der Waals surface area contributed by atoms with E-state index >= 15 is 0 Å². The average molecular weight is 593 g/mol. The molecule has 220 valence electrons. The summed E-state index contributed by atoms with van der Waals surface area (Å²) in [6, 6.07) is 10.1. The number of likely N-dealkylation sites (N-methyl/N-ethyl adjacent to an activating group) is 1. The van der Waals surface area contributed by atoms with E-state index < -0.39 is 11.7 Å². The molecule has 0 saturated carbocycles. The minimum Gasteiger partial charge on any atom is -0.494 e. The third kappa shape index (κ3) is 6.45. The van der Waals surface area contributed by atoms with Crippen LogP contribution in [0.2, 0.25) is 5.02 Å². The van der Waals surface area contributed by atoms with Crippen molar-refractivity contribution in [3.63, 3.8) is 0 Å². The third-order valence-electron chi connectivity index (χ3n) is 7.32. The van der Waals surface area contributed by atoms with Gasteiger partial charge in [-0.15, -0.1) is 0 Å². The minimum absolute atomic E-state index is 0.209. The van der Waals surface area contributed by atoms with Crippen LogP contribution in [-0.4, -0.2) is 56.1 Å². The number of anilines is 3. The number of carbonyl (C=O) groups is 1. The highest BCUT2D eigenvalue weighted by molar-refractivity contribution is 6.30. The van der Waals surface area contributed by atoms with Crippen LogP contribution in [0.1, 0.15) is 19.8 Å². The Morgan fingerprint density at radius 2 is 2.00 bits per heavy atom. The highest BCUT2D eigenvalue weighted by atomic mass is 35.5. The maximum atomic E-state index is 14.5. The fourth-order valence-corrected chi connectivity index (χ4v) is 5.25. The van der Waals surface area contributed by atoms with Crippen molar-refractivity contribution in [2.45, 2.75) is 19.8 Å². The molecule has 0 unspecified atom stereocenters. The fourth-order valence-electron chi connectivity index (χ4n) is 5.00. The van der Waals surface area contributed by atoms with E-state index in [2.05, 4.69) is 45.1 Å². The van der Waals surface area contributed by atoms with Gasteiger partial charge in [-0.05, 0) is 43.3 Å². The van der Waals surface area contributed by atoms with Gasteiger partial charge >= 0.3 is 0 Å². The summed E-state index contributed by atoms with van der Waals surface area (Å²) >= 11 is 6.59. The van der Waals surface area contributed by atoms with Crippen molar-refractivity contribution in [3.05, 3.63) is 88.2 Å². The number of rotatable bonds is 9. The normalized spacial score (nSPS) is 15.5. The third-order valence-corrected chi connectivity index (χ3v) is 7.62. The molecular weight excluding hydrogens is 559 g/mol. The van der Waals surface area contributed by atoms with Crippen molar-refractivity contribution in [1.82, 2.24) is 9.88 Å². The number of hydrogen-bond donors (Lipinski definition) is 3. The molecule has 2 aliphatic heterocycles. The summed E-state index contributed by atoms with van der Waals surface area (Å²) in [6.07, 6.45) is 3.77. The number of fused-ring (bicyclic) bond motifs is 1. The Morgan fingerprint density at radius 1 is 1.21 bits per heavy atom. The summed E-state index contributed by atoms with van der Waals surface area (Å²) in [6.45, 7) is 9.40. The Hall–Kier alpha value is -4.28. The molecule has 0 radical (unpaired) electrons. The van der Waals surface area contributed by atoms with Crippen LogP contribution in [0, 0.1) is 5.82 Å². The number of amides is 1. The molecule has 3 N–H and O–H groups in total. The number of halogens is 2. The number of aromatic nitrogens is 1. The molecule has 2 aromatic carbocycles. The van der Waals surface area contributed by atoms with E-state index in [1.165, 1.54) is 12.1 Å². The average Bonchev–Trinajstić information content (AvgIpc) is 3.27. The highest BCUT2D eigenvalue weighted by Gasteiger charge is 2.20. The zero-order valence-electron chi connectivity index (χ0n) is 23.9. The van der Waals surface area contributed by atoms with Crippen molar-refractivity contribution in [3.8, 4) is 11.5 Å². The number of ether oxygens (including phenoxy) is 2. The minimum atomic E-state index is -0.563. The van der Waals surface area contributed by atoms with Crippen molar-refractivity contribution < 1.29 is 18.7 Å². The number of hydrogen-bond acceptors (Lipinski definition) is 7. The van der Waals surface area contributed by atoms with E-state index in [9.17, 15) is 9.18 Å². The molecule has 42 heavy (non-hydrogen) atoms. The van der Waals surface area contributed by atoms with Gasteiger partial charge in [-0.1, -0.05) is 25.1 Å². The van der Waals surface area contributed by atoms with Gasteiger partial charge < -0.3 is 34.9 Å². The number of piperazine rings is 1. The summed E-state index contributed by atoms with van der Waals surface area (Å²) in [5.74, 6) is 1.03.